The normalized spacial score (nSPS) is 17.5. The Labute approximate surface area is 218 Å². The lowest BCUT2D eigenvalue weighted by Crippen LogP contribution is -2.59. The minimum atomic E-state index is -2.47. The zero-order valence-electron chi connectivity index (χ0n) is 21.7. The van der Waals surface area contributed by atoms with Gasteiger partial charge in [-0.15, -0.1) is 0 Å². The van der Waals surface area contributed by atoms with Crippen LogP contribution in [0.3, 0.4) is 0 Å². The van der Waals surface area contributed by atoms with E-state index in [4.69, 9.17) is 9.72 Å². The topological polar surface area (TPSA) is 101 Å². The van der Waals surface area contributed by atoms with Crippen molar-refractivity contribution in [2.75, 3.05) is 25.5 Å². The number of ether oxygens (including phenoxy) is 1. The molecular formula is C27H31F2N7O2. The standard InChI is InChI=1S/C27H31F2N7O2/c1-15-31-20-5-4-17(10-21(20)36(15)12-22(28)29)19-11-30-24-23(19)25(38-3)34-26(33-24)32-18-6-8-27(9-7-18)13-35(14-27)16(2)37/h4-5,10-11,18,22H,6-9,12-14H2,1-3H3,(H2,30,32,33,34). The van der Waals surface area contributed by atoms with E-state index in [-0.39, 0.29) is 17.4 Å². The summed E-state index contributed by atoms with van der Waals surface area (Å²) in [5, 5.41) is 4.22. The molecule has 1 amide bonds. The van der Waals surface area contributed by atoms with Gasteiger partial charge in [-0.05, 0) is 50.3 Å². The number of aromatic amines is 1. The van der Waals surface area contributed by atoms with Crippen LogP contribution in [0.4, 0.5) is 14.7 Å². The van der Waals surface area contributed by atoms with Crippen molar-refractivity contribution in [3.05, 3.63) is 30.2 Å². The molecule has 1 aromatic carbocycles. The van der Waals surface area contributed by atoms with Gasteiger partial charge in [-0.1, -0.05) is 6.07 Å². The summed E-state index contributed by atoms with van der Waals surface area (Å²) in [6.07, 6.45) is 3.51. The molecule has 0 radical (unpaired) electrons. The van der Waals surface area contributed by atoms with Gasteiger partial charge in [-0.25, -0.2) is 13.8 Å². The number of H-pyrrole nitrogens is 1. The molecule has 1 saturated carbocycles. The van der Waals surface area contributed by atoms with Crippen LogP contribution in [0.25, 0.3) is 33.2 Å². The van der Waals surface area contributed by atoms with Gasteiger partial charge in [-0.2, -0.15) is 9.97 Å². The molecule has 2 aliphatic rings. The molecule has 1 saturated heterocycles. The molecule has 9 nitrogen and oxygen atoms in total. The van der Waals surface area contributed by atoms with Gasteiger partial charge >= 0.3 is 0 Å². The van der Waals surface area contributed by atoms with Crippen LogP contribution in [0, 0.1) is 12.3 Å². The van der Waals surface area contributed by atoms with E-state index < -0.39 is 13.0 Å². The smallest absolute Gasteiger partial charge is 0.256 e. The molecule has 200 valence electrons. The van der Waals surface area contributed by atoms with Crippen molar-refractivity contribution < 1.29 is 18.3 Å². The highest BCUT2D eigenvalue weighted by Crippen LogP contribution is 2.44. The van der Waals surface area contributed by atoms with E-state index in [0.29, 0.717) is 34.3 Å². The fourth-order valence-corrected chi connectivity index (χ4v) is 6.08. The fourth-order valence-electron chi connectivity index (χ4n) is 6.08. The summed E-state index contributed by atoms with van der Waals surface area (Å²) in [4.78, 5) is 30.6. The molecule has 1 aliphatic heterocycles. The van der Waals surface area contributed by atoms with E-state index >= 15 is 0 Å². The van der Waals surface area contributed by atoms with Gasteiger partial charge in [0.15, 0.2) is 0 Å². The van der Waals surface area contributed by atoms with Crippen LogP contribution in [-0.4, -0.2) is 68.0 Å². The number of alkyl halides is 2. The number of aryl methyl sites for hydroxylation is 1. The minimum Gasteiger partial charge on any atom is -0.480 e. The molecule has 11 heteroatoms. The van der Waals surface area contributed by atoms with Crippen LogP contribution in [0.5, 0.6) is 5.88 Å². The van der Waals surface area contributed by atoms with Crippen molar-refractivity contribution in [3.63, 3.8) is 0 Å². The molecule has 3 aromatic heterocycles. The Balaban J connectivity index is 1.25. The van der Waals surface area contributed by atoms with E-state index in [9.17, 15) is 13.6 Å². The summed E-state index contributed by atoms with van der Waals surface area (Å²) in [7, 11) is 1.58. The molecular weight excluding hydrogens is 492 g/mol. The number of nitrogens with one attached hydrogen (secondary N) is 2. The average molecular weight is 524 g/mol. The van der Waals surface area contributed by atoms with Crippen LogP contribution in [0.15, 0.2) is 24.4 Å². The number of benzene rings is 1. The first-order chi connectivity index (χ1) is 18.2. The molecule has 2 N–H and O–H groups in total. The van der Waals surface area contributed by atoms with Gasteiger partial charge in [0, 0.05) is 43.2 Å². The predicted molar refractivity (Wildman–Crippen MR) is 140 cm³/mol. The first-order valence-corrected chi connectivity index (χ1v) is 13.0. The first-order valence-electron chi connectivity index (χ1n) is 13.0. The summed E-state index contributed by atoms with van der Waals surface area (Å²) >= 11 is 0. The third-order valence-corrected chi connectivity index (χ3v) is 8.14. The zero-order chi connectivity index (χ0) is 26.6. The highest BCUT2D eigenvalue weighted by atomic mass is 19.3. The largest absolute Gasteiger partial charge is 0.480 e. The Bertz CT molecular complexity index is 1510. The summed E-state index contributed by atoms with van der Waals surface area (Å²) < 4.78 is 33.6. The number of methoxy groups -OCH3 is 1. The third kappa shape index (κ3) is 4.23. The molecule has 1 aliphatic carbocycles. The molecule has 0 unspecified atom stereocenters. The monoisotopic (exact) mass is 523 g/mol. The van der Waals surface area contributed by atoms with Crippen molar-refractivity contribution in [2.24, 2.45) is 5.41 Å². The number of halogens is 2. The number of amides is 1. The Morgan fingerprint density at radius 1 is 1.24 bits per heavy atom. The van der Waals surface area contributed by atoms with Gasteiger partial charge in [0.2, 0.25) is 17.7 Å². The number of fused-ring (bicyclic) bond motifs is 2. The maximum atomic E-state index is 13.2. The van der Waals surface area contributed by atoms with E-state index in [1.54, 1.807) is 25.5 Å². The predicted octanol–water partition coefficient (Wildman–Crippen LogP) is 4.76. The Kier molecular flexibility index (Phi) is 5.96. The quantitative estimate of drug-likeness (QED) is 0.378. The van der Waals surface area contributed by atoms with Crippen LogP contribution in [0.1, 0.15) is 38.4 Å². The van der Waals surface area contributed by atoms with E-state index in [1.165, 1.54) is 0 Å². The average Bonchev–Trinajstić information content (AvgIpc) is 3.42. The van der Waals surface area contributed by atoms with Crippen LogP contribution in [0.2, 0.25) is 0 Å². The van der Waals surface area contributed by atoms with Crippen molar-refractivity contribution >= 4 is 33.9 Å². The first kappa shape index (κ1) is 24.6. The molecule has 38 heavy (non-hydrogen) atoms. The second-order valence-corrected chi connectivity index (χ2v) is 10.6. The summed E-state index contributed by atoms with van der Waals surface area (Å²) in [6.45, 7) is 4.70. The molecule has 0 bridgehead atoms. The lowest BCUT2D eigenvalue weighted by atomic mass is 9.67. The number of rotatable bonds is 6. The molecule has 2 fully saturated rings. The second-order valence-electron chi connectivity index (χ2n) is 10.6. The van der Waals surface area contributed by atoms with E-state index in [2.05, 4.69) is 20.3 Å². The summed E-state index contributed by atoms with van der Waals surface area (Å²) in [6, 6.07) is 5.89. The minimum absolute atomic E-state index is 0.156. The third-order valence-electron chi connectivity index (χ3n) is 8.14. The number of carbonyl (C=O) groups excluding carboxylic acids is 1. The summed E-state index contributed by atoms with van der Waals surface area (Å²) in [5.74, 6) is 1.65. The highest BCUT2D eigenvalue weighted by Gasteiger charge is 2.46. The Hall–Kier alpha value is -3.76. The number of hydrogen-bond donors (Lipinski definition) is 2. The van der Waals surface area contributed by atoms with Gasteiger partial charge in [0.05, 0.1) is 30.1 Å². The van der Waals surface area contributed by atoms with Crippen molar-refractivity contribution in [2.45, 2.75) is 58.5 Å². The lowest BCUT2D eigenvalue weighted by molar-refractivity contribution is -0.143. The van der Waals surface area contributed by atoms with Crippen LogP contribution < -0.4 is 10.1 Å². The Morgan fingerprint density at radius 2 is 2.00 bits per heavy atom. The summed E-state index contributed by atoms with van der Waals surface area (Å²) in [5.41, 5.74) is 3.89. The molecule has 1 spiro atoms. The highest BCUT2D eigenvalue weighted by molar-refractivity contribution is 5.99. The Morgan fingerprint density at radius 3 is 2.68 bits per heavy atom. The molecule has 4 aromatic rings. The SMILES string of the molecule is COc1nc(NC2CCC3(CC2)CN(C(C)=O)C3)nc2[nH]cc(-c3ccc4nc(C)n(CC(F)F)c4c3)c12. The van der Waals surface area contributed by atoms with Gasteiger partial charge in [0.25, 0.3) is 6.43 Å². The molecule has 4 heterocycles. The van der Waals surface area contributed by atoms with Crippen molar-refractivity contribution in [1.82, 2.24) is 29.4 Å². The number of nitrogens with zero attached hydrogens (tertiary/aromatic N) is 5. The van der Waals surface area contributed by atoms with Gasteiger partial charge in [0.1, 0.15) is 11.5 Å². The van der Waals surface area contributed by atoms with Crippen LogP contribution in [-0.2, 0) is 11.3 Å². The number of hydrogen-bond acceptors (Lipinski definition) is 6. The van der Waals surface area contributed by atoms with Crippen molar-refractivity contribution in [3.8, 4) is 17.0 Å². The number of imidazole rings is 1. The number of carbonyl (C=O) groups is 1. The van der Waals surface area contributed by atoms with E-state index in [1.807, 2.05) is 29.3 Å². The second kappa shape index (κ2) is 9.21. The maximum Gasteiger partial charge on any atom is 0.256 e. The van der Waals surface area contributed by atoms with Gasteiger partial charge < -0.3 is 24.5 Å². The van der Waals surface area contributed by atoms with Crippen molar-refractivity contribution in [1.29, 1.82) is 0 Å². The number of likely N-dealkylation sites (tertiary alicyclic amines) is 1. The zero-order valence-corrected chi connectivity index (χ0v) is 21.7. The fraction of sp³-hybridized carbons (Fsp3) is 0.481. The van der Waals surface area contributed by atoms with Gasteiger partial charge in [-0.3, -0.25) is 4.79 Å². The molecule has 6 rings (SSSR count). The maximum absolute atomic E-state index is 13.2. The van der Waals surface area contributed by atoms with E-state index in [0.717, 1.165) is 55.3 Å². The molecule has 0 atom stereocenters. The number of anilines is 1. The number of aromatic nitrogens is 5. The lowest BCUT2D eigenvalue weighted by Gasteiger charge is -2.53. The van der Waals surface area contributed by atoms with Crippen LogP contribution >= 0.6 is 0 Å².